The molecule has 0 rings (SSSR count). The van der Waals surface area contributed by atoms with Gasteiger partial charge in [0.15, 0.2) is 0 Å². The van der Waals surface area contributed by atoms with E-state index in [2.05, 4.69) is 67.8 Å². The molecule has 0 aromatic rings. The molecule has 2 atom stereocenters. The van der Waals surface area contributed by atoms with E-state index in [0.29, 0.717) is 12.8 Å². The molecule has 0 aromatic carbocycles. The summed E-state index contributed by atoms with van der Waals surface area (Å²) in [5, 5.41) is 13.2. The fraction of sp³-hybridized carbons (Fsp3) is 0.750. The molecule has 0 aliphatic heterocycles. The third-order valence-corrected chi connectivity index (χ3v) is 9.96. The van der Waals surface area contributed by atoms with E-state index in [9.17, 15) is 22.9 Å². The van der Waals surface area contributed by atoms with Crippen LogP contribution in [0.2, 0.25) is 0 Å². The topological polar surface area (TPSA) is 104 Å². The van der Waals surface area contributed by atoms with E-state index in [4.69, 9.17) is 0 Å². The smallest absolute Gasteiger partial charge is 0.267 e. The minimum absolute atomic E-state index is 0.266. The van der Waals surface area contributed by atoms with Crippen molar-refractivity contribution in [3.05, 3.63) is 60.8 Å². The van der Waals surface area contributed by atoms with Crippen LogP contribution in [0.25, 0.3) is 0 Å². The summed E-state index contributed by atoms with van der Waals surface area (Å²) in [7, 11) is -4.36. The average Bonchev–Trinajstić information content (AvgIpc) is 3.09. The van der Waals surface area contributed by atoms with Gasteiger partial charge in [0.1, 0.15) is 0 Å². The predicted molar refractivity (Wildman–Crippen MR) is 221 cm³/mol. The number of hydrogen-bond acceptors (Lipinski definition) is 4. The number of allylic oxidation sites excluding steroid dienone is 9. The molecule has 0 fully saturated rings. The maximum absolute atomic E-state index is 12.5. The van der Waals surface area contributed by atoms with E-state index in [0.717, 1.165) is 64.2 Å². The van der Waals surface area contributed by atoms with Gasteiger partial charge >= 0.3 is 0 Å². The molecule has 0 radical (unpaired) electrons. The van der Waals surface area contributed by atoms with Crippen LogP contribution in [0.15, 0.2) is 60.8 Å². The Labute approximate surface area is 315 Å². The lowest BCUT2D eigenvalue weighted by molar-refractivity contribution is -0.122. The molecule has 0 aromatic heterocycles. The van der Waals surface area contributed by atoms with Crippen molar-refractivity contribution >= 4 is 16.0 Å². The van der Waals surface area contributed by atoms with Gasteiger partial charge in [-0.3, -0.25) is 9.35 Å². The molecule has 2 unspecified atom stereocenters. The van der Waals surface area contributed by atoms with Gasteiger partial charge in [0.25, 0.3) is 10.1 Å². The van der Waals surface area contributed by atoms with E-state index in [1.807, 2.05) is 6.08 Å². The summed E-state index contributed by atoms with van der Waals surface area (Å²) >= 11 is 0. The normalized spacial score (nSPS) is 13.9. The van der Waals surface area contributed by atoms with Crippen LogP contribution in [0, 0.1) is 0 Å². The first-order chi connectivity index (χ1) is 24.8. The Kier molecular flexibility index (Phi) is 36.3. The summed E-state index contributed by atoms with van der Waals surface area (Å²) < 4.78 is 32.5. The minimum Gasteiger partial charge on any atom is -0.387 e. The summed E-state index contributed by atoms with van der Waals surface area (Å²) in [6, 6.07) is -1.08. The quantitative estimate of drug-likeness (QED) is 0.0335. The van der Waals surface area contributed by atoms with Crippen molar-refractivity contribution in [2.75, 3.05) is 5.75 Å². The molecule has 296 valence electrons. The maximum Gasteiger partial charge on any atom is 0.267 e. The van der Waals surface area contributed by atoms with Crippen molar-refractivity contribution in [3.8, 4) is 0 Å². The van der Waals surface area contributed by atoms with Crippen LogP contribution >= 0.6 is 0 Å². The van der Waals surface area contributed by atoms with Gasteiger partial charge in [-0.2, -0.15) is 8.42 Å². The molecule has 6 nitrogen and oxygen atoms in total. The monoisotopic (exact) mass is 734 g/mol. The van der Waals surface area contributed by atoms with Crippen molar-refractivity contribution in [1.29, 1.82) is 0 Å². The van der Waals surface area contributed by atoms with Crippen molar-refractivity contribution in [1.82, 2.24) is 5.32 Å². The van der Waals surface area contributed by atoms with Gasteiger partial charge in [-0.25, -0.2) is 0 Å². The zero-order valence-corrected chi connectivity index (χ0v) is 33.8. The summed E-state index contributed by atoms with van der Waals surface area (Å²) in [5.74, 6) is -1.03. The first kappa shape index (κ1) is 49.0. The summed E-state index contributed by atoms with van der Waals surface area (Å²) in [6.07, 6.45) is 52.1. The van der Waals surface area contributed by atoms with E-state index in [-0.39, 0.29) is 12.3 Å². The Balaban J connectivity index is 3.97. The predicted octanol–water partition coefficient (Wildman–Crippen LogP) is 12.5. The van der Waals surface area contributed by atoms with Gasteiger partial charge in [-0.15, -0.1) is 0 Å². The lowest BCUT2D eigenvalue weighted by Crippen LogP contribution is -2.46. The molecule has 0 aliphatic carbocycles. The molecule has 0 bridgehead atoms. The van der Waals surface area contributed by atoms with Crippen LogP contribution in [-0.2, 0) is 14.9 Å². The number of rotatable bonds is 37. The van der Waals surface area contributed by atoms with Crippen LogP contribution in [-0.4, -0.2) is 41.9 Å². The zero-order chi connectivity index (χ0) is 37.5. The second kappa shape index (κ2) is 37.8. The van der Waals surface area contributed by atoms with Crippen molar-refractivity contribution in [2.24, 2.45) is 0 Å². The highest BCUT2D eigenvalue weighted by molar-refractivity contribution is 7.85. The number of unbranched alkanes of at least 4 members (excludes halogenated alkanes) is 21. The summed E-state index contributed by atoms with van der Waals surface area (Å²) in [5.41, 5.74) is 0. The minimum atomic E-state index is -4.36. The number of amides is 1. The van der Waals surface area contributed by atoms with E-state index >= 15 is 0 Å². The average molecular weight is 734 g/mol. The Bertz CT molecular complexity index is 1030. The Morgan fingerprint density at radius 2 is 0.961 bits per heavy atom. The van der Waals surface area contributed by atoms with Crippen LogP contribution in [0.5, 0.6) is 0 Å². The second-order valence-electron chi connectivity index (χ2n) is 14.2. The van der Waals surface area contributed by atoms with E-state index < -0.39 is 28.0 Å². The molecule has 0 saturated carbocycles. The largest absolute Gasteiger partial charge is 0.387 e. The number of carbonyl (C=O) groups excluding carboxylic acids is 1. The van der Waals surface area contributed by atoms with Gasteiger partial charge in [0, 0.05) is 6.42 Å². The van der Waals surface area contributed by atoms with Crippen LogP contribution in [0.4, 0.5) is 0 Å². The summed E-state index contributed by atoms with van der Waals surface area (Å²) in [4.78, 5) is 12.5. The van der Waals surface area contributed by atoms with Crippen LogP contribution in [0.3, 0.4) is 0 Å². The lowest BCUT2D eigenvalue weighted by atomic mass is 10.0. The third kappa shape index (κ3) is 39.1. The van der Waals surface area contributed by atoms with E-state index in [1.165, 1.54) is 102 Å². The molecule has 3 N–H and O–H groups in total. The first-order valence-electron chi connectivity index (χ1n) is 21.0. The molecule has 0 saturated heterocycles. The lowest BCUT2D eigenvalue weighted by Gasteiger charge is -2.21. The highest BCUT2D eigenvalue weighted by atomic mass is 32.2. The Morgan fingerprint density at radius 1 is 0.549 bits per heavy atom. The fourth-order valence-electron chi connectivity index (χ4n) is 6.07. The van der Waals surface area contributed by atoms with Gasteiger partial charge in [0.2, 0.25) is 5.91 Å². The second-order valence-corrected chi connectivity index (χ2v) is 15.7. The number of aliphatic hydroxyl groups excluding tert-OH is 1. The van der Waals surface area contributed by atoms with E-state index in [1.54, 1.807) is 0 Å². The van der Waals surface area contributed by atoms with Crippen LogP contribution in [0.1, 0.15) is 194 Å². The van der Waals surface area contributed by atoms with Crippen LogP contribution < -0.4 is 5.32 Å². The molecule has 1 amide bonds. The Morgan fingerprint density at radius 3 is 1.47 bits per heavy atom. The molecule has 0 heterocycles. The molecule has 0 aliphatic rings. The number of aliphatic hydroxyl groups is 1. The maximum atomic E-state index is 12.5. The van der Waals surface area contributed by atoms with Gasteiger partial charge < -0.3 is 10.4 Å². The van der Waals surface area contributed by atoms with Crippen molar-refractivity contribution in [2.45, 2.75) is 206 Å². The van der Waals surface area contributed by atoms with Crippen molar-refractivity contribution in [3.63, 3.8) is 0 Å². The fourth-order valence-corrected chi connectivity index (χ4v) is 6.80. The highest BCUT2D eigenvalue weighted by Gasteiger charge is 2.24. The summed E-state index contributed by atoms with van der Waals surface area (Å²) in [6.45, 7) is 4.41. The van der Waals surface area contributed by atoms with Gasteiger partial charge in [-0.05, 0) is 64.2 Å². The first-order valence-corrected chi connectivity index (χ1v) is 22.6. The molecular formula is C44H79NO5S. The SMILES string of the molecule is CC/C=C\C/C=C\C/C=C\CCCCCCCC(=O)NC(CS(=O)(=O)O)C(O)/C=C/CC/C=C/CCCCCCCCCCCCCCCCC. The third-order valence-electron chi connectivity index (χ3n) is 9.18. The number of carbonyl (C=O) groups is 1. The number of hydrogen-bond donors (Lipinski definition) is 3. The molecule has 51 heavy (non-hydrogen) atoms. The molecule has 7 heteroatoms. The molecular weight excluding hydrogens is 655 g/mol. The van der Waals surface area contributed by atoms with Gasteiger partial charge in [-0.1, -0.05) is 184 Å². The zero-order valence-electron chi connectivity index (χ0n) is 33.0. The van der Waals surface area contributed by atoms with Gasteiger partial charge in [0.05, 0.1) is 17.9 Å². The highest BCUT2D eigenvalue weighted by Crippen LogP contribution is 2.14. The molecule has 0 spiro atoms. The number of nitrogens with one attached hydrogen (secondary N) is 1. The standard InChI is InChI=1S/C44H79NO5S/c1-3-5-7-9-11-13-15-17-19-20-21-22-23-24-26-27-29-31-33-35-37-39-43(46)42(41-51(48,49)50)45-44(47)40-38-36-34-32-30-28-25-18-16-14-12-10-8-6-4-2/h6,8,12,14,18,25,29,31,37,39,42-43,46H,3-5,7,9-11,13,15-17,19-24,26-28,30,32-36,38,40-41H2,1-2H3,(H,45,47)(H,48,49,50)/b8-6-,14-12-,25-18-,31-29+,39-37+. The van der Waals surface area contributed by atoms with Crippen molar-refractivity contribution < 1.29 is 22.9 Å². The Hall–Kier alpha value is -1.96.